The fourth-order valence-corrected chi connectivity index (χ4v) is 2.83. The van der Waals surface area contributed by atoms with Crippen LogP contribution in [0.1, 0.15) is 31.9 Å². The van der Waals surface area contributed by atoms with Crippen molar-refractivity contribution < 1.29 is 9.47 Å². The number of methoxy groups -OCH3 is 2. The molecule has 27 heavy (non-hydrogen) atoms. The van der Waals surface area contributed by atoms with Gasteiger partial charge in [-0.25, -0.2) is 4.99 Å². The van der Waals surface area contributed by atoms with Gasteiger partial charge in [0.15, 0.2) is 17.5 Å². The number of benzene rings is 1. The summed E-state index contributed by atoms with van der Waals surface area (Å²) in [4.78, 5) is 4.69. The molecule has 1 aromatic carbocycles. The van der Waals surface area contributed by atoms with E-state index in [1.807, 2.05) is 29.9 Å². The number of hydrogen-bond acceptors (Lipinski definition) is 3. The van der Waals surface area contributed by atoms with Crippen LogP contribution in [0.3, 0.4) is 0 Å². The van der Waals surface area contributed by atoms with E-state index in [0.717, 1.165) is 30.5 Å². The van der Waals surface area contributed by atoms with E-state index in [9.17, 15) is 0 Å². The van der Waals surface area contributed by atoms with Crippen LogP contribution in [0.15, 0.2) is 41.7 Å². The highest BCUT2D eigenvalue weighted by Crippen LogP contribution is 2.32. The minimum Gasteiger partial charge on any atom is -0.493 e. The highest BCUT2D eigenvalue weighted by atomic mass is 16.5. The summed E-state index contributed by atoms with van der Waals surface area (Å²) in [6, 6.07) is 8.15. The Labute approximate surface area is 162 Å². The summed E-state index contributed by atoms with van der Waals surface area (Å²) >= 11 is 0. The summed E-state index contributed by atoms with van der Waals surface area (Å²) in [7, 11) is 5.32. The van der Waals surface area contributed by atoms with Crippen LogP contribution < -0.4 is 20.1 Å². The van der Waals surface area contributed by atoms with Crippen LogP contribution in [-0.2, 0) is 19.0 Å². The predicted molar refractivity (Wildman–Crippen MR) is 111 cm³/mol. The number of nitrogens with zero attached hydrogens (tertiary/aromatic N) is 2. The maximum atomic E-state index is 5.44. The van der Waals surface area contributed by atoms with E-state index in [1.165, 1.54) is 11.1 Å². The molecule has 148 valence electrons. The maximum absolute atomic E-state index is 5.44. The first kappa shape index (κ1) is 20.7. The fourth-order valence-electron chi connectivity index (χ4n) is 2.83. The van der Waals surface area contributed by atoms with Crippen LogP contribution in [0.25, 0.3) is 0 Å². The standard InChI is InChI=1S/C21H32N4O2/c1-7-22-20(23-13-16-10-11-25(4)14-16)24-15-21(2,3)17-8-9-18(26-5)19(12-17)27-6/h8-12,14H,7,13,15H2,1-6H3,(H2,22,23,24). The number of aromatic nitrogens is 1. The van der Waals surface area contributed by atoms with Crippen molar-refractivity contribution in [3.63, 3.8) is 0 Å². The third-order valence-corrected chi connectivity index (χ3v) is 4.52. The van der Waals surface area contributed by atoms with Crippen LogP contribution in [0, 0.1) is 0 Å². The molecule has 0 fully saturated rings. The zero-order valence-corrected chi connectivity index (χ0v) is 17.3. The summed E-state index contributed by atoms with van der Waals surface area (Å²) in [5.74, 6) is 2.30. The van der Waals surface area contributed by atoms with Gasteiger partial charge in [-0.05, 0) is 36.2 Å². The summed E-state index contributed by atoms with van der Waals surface area (Å²) in [6.45, 7) is 8.66. The van der Waals surface area contributed by atoms with Gasteiger partial charge in [0, 0.05) is 37.9 Å². The Morgan fingerprint density at radius 1 is 1.11 bits per heavy atom. The van der Waals surface area contributed by atoms with Crippen LogP contribution in [0.4, 0.5) is 0 Å². The maximum Gasteiger partial charge on any atom is 0.191 e. The molecule has 0 aliphatic rings. The van der Waals surface area contributed by atoms with Crippen molar-refractivity contribution in [3.8, 4) is 11.5 Å². The smallest absolute Gasteiger partial charge is 0.191 e. The van der Waals surface area contributed by atoms with E-state index >= 15 is 0 Å². The molecule has 0 saturated carbocycles. The van der Waals surface area contributed by atoms with Gasteiger partial charge in [0.2, 0.25) is 0 Å². The highest BCUT2D eigenvalue weighted by molar-refractivity contribution is 5.79. The summed E-state index contributed by atoms with van der Waals surface area (Å²) in [5.41, 5.74) is 2.25. The van der Waals surface area contributed by atoms with E-state index in [-0.39, 0.29) is 5.41 Å². The number of rotatable bonds is 8. The van der Waals surface area contributed by atoms with Crippen LogP contribution >= 0.6 is 0 Å². The van der Waals surface area contributed by atoms with E-state index < -0.39 is 0 Å². The first-order valence-corrected chi connectivity index (χ1v) is 9.25. The molecule has 2 aromatic rings. The molecule has 6 heteroatoms. The Morgan fingerprint density at radius 3 is 2.44 bits per heavy atom. The van der Waals surface area contributed by atoms with Gasteiger partial charge in [0.05, 0.1) is 20.8 Å². The van der Waals surface area contributed by atoms with E-state index in [2.05, 4.69) is 49.7 Å². The molecular formula is C21H32N4O2. The quantitative estimate of drug-likeness (QED) is 0.552. The zero-order valence-electron chi connectivity index (χ0n) is 17.3. The summed E-state index contributed by atoms with van der Waals surface area (Å²) < 4.78 is 12.8. The van der Waals surface area contributed by atoms with Crippen molar-refractivity contribution in [3.05, 3.63) is 47.8 Å². The normalized spacial score (nSPS) is 12.0. The average molecular weight is 373 g/mol. The lowest BCUT2D eigenvalue weighted by molar-refractivity contribution is 0.353. The van der Waals surface area contributed by atoms with Gasteiger partial charge in [-0.1, -0.05) is 19.9 Å². The number of guanidine groups is 1. The third kappa shape index (κ3) is 5.67. The Bertz CT molecular complexity index is 765. The molecule has 0 spiro atoms. The van der Waals surface area contributed by atoms with E-state index in [1.54, 1.807) is 14.2 Å². The molecule has 1 aromatic heterocycles. The average Bonchev–Trinajstić information content (AvgIpc) is 3.08. The molecule has 0 aliphatic carbocycles. The Kier molecular flexibility index (Phi) is 7.16. The third-order valence-electron chi connectivity index (χ3n) is 4.52. The van der Waals surface area contributed by atoms with Gasteiger partial charge in [-0.3, -0.25) is 0 Å². The van der Waals surface area contributed by atoms with Crippen LogP contribution in [0.2, 0.25) is 0 Å². The van der Waals surface area contributed by atoms with Gasteiger partial charge >= 0.3 is 0 Å². The Hall–Kier alpha value is -2.63. The van der Waals surface area contributed by atoms with Crippen molar-refractivity contribution in [2.75, 3.05) is 27.3 Å². The molecule has 6 nitrogen and oxygen atoms in total. The van der Waals surface area contributed by atoms with Crippen molar-refractivity contribution in [1.29, 1.82) is 0 Å². The second kappa shape index (κ2) is 9.35. The minimum atomic E-state index is -0.109. The number of hydrogen-bond donors (Lipinski definition) is 2. The monoisotopic (exact) mass is 372 g/mol. The zero-order chi connectivity index (χ0) is 19.9. The Balaban J connectivity index is 2.08. The van der Waals surface area contributed by atoms with Crippen molar-refractivity contribution in [2.45, 2.75) is 32.7 Å². The van der Waals surface area contributed by atoms with E-state index in [0.29, 0.717) is 6.54 Å². The SMILES string of the molecule is CCNC(=NCc1ccn(C)c1)NCC(C)(C)c1ccc(OC)c(OC)c1. The van der Waals surface area contributed by atoms with Crippen LogP contribution in [0.5, 0.6) is 11.5 Å². The lowest BCUT2D eigenvalue weighted by atomic mass is 9.84. The molecule has 2 N–H and O–H groups in total. The first-order chi connectivity index (χ1) is 12.9. The van der Waals surface area contributed by atoms with Gasteiger partial charge in [-0.15, -0.1) is 0 Å². The molecule has 2 rings (SSSR count). The Morgan fingerprint density at radius 2 is 1.85 bits per heavy atom. The topological polar surface area (TPSA) is 59.8 Å². The molecule has 0 saturated heterocycles. The van der Waals surface area contributed by atoms with Gasteiger partial charge < -0.3 is 24.7 Å². The first-order valence-electron chi connectivity index (χ1n) is 9.25. The minimum absolute atomic E-state index is 0.109. The molecule has 1 heterocycles. The second-order valence-electron chi connectivity index (χ2n) is 7.19. The van der Waals surface area contributed by atoms with Crippen LogP contribution in [-0.4, -0.2) is 37.8 Å². The van der Waals surface area contributed by atoms with Crippen molar-refractivity contribution in [2.24, 2.45) is 12.0 Å². The lowest BCUT2D eigenvalue weighted by Gasteiger charge is -2.27. The molecule has 0 bridgehead atoms. The van der Waals surface area contributed by atoms with Gasteiger partial charge in [-0.2, -0.15) is 0 Å². The van der Waals surface area contributed by atoms with Gasteiger partial charge in [0.25, 0.3) is 0 Å². The number of aryl methyl sites for hydroxylation is 1. The molecule has 0 atom stereocenters. The molecule has 0 radical (unpaired) electrons. The largest absolute Gasteiger partial charge is 0.493 e. The second-order valence-corrected chi connectivity index (χ2v) is 7.19. The molecule has 0 aliphatic heterocycles. The lowest BCUT2D eigenvalue weighted by Crippen LogP contribution is -2.43. The fraction of sp³-hybridized carbons (Fsp3) is 0.476. The predicted octanol–water partition coefficient (Wildman–Crippen LogP) is 3.08. The molecular weight excluding hydrogens is 340 g/mol. The molecule has 0 amide bonds. The summed E-state index contributed by atoms with van der Waals surface area (Å²) in [6.07, 6.45) is 4.12. The highest BCUT2D eigenvalue weighted by Gasteiger charge is 2.22. The van der Waals surface area contributed by atoms with E-state index in [4.69, 9.17) is 14.5 Å². The van der Waals surface area contributed by atoms with Crippen molar-refractivity contribution in [1.82, 2.24) is 15.2 Å². The van der Waals surface area contributed by atoms with Gasteiger partial charge in [0.1, 0.15) is 0 Å². The number of aliphatic imine (C=N–C) groups is 1. The number of ether oxygens (including phenoxy) is 2. The number of nitrogens with one attached hydrogen (secondary N) is 2. The summed E-state index contributed by atoms with van der Waals surface area (Å²) in [5, 5.41) is 6.77. The molecule has 0 unspecified atom stereocenters. The van der Waals surface area contributed by atoms with Crippen molar-refractivity contribution >= 4 is 5.96 Å².